The van der Waals surface area contributed by atoms with Crippen LogP contribution >= 0.6 is 0 Å². The van der Waals surface area contributed by atoms with Crippen molar-refractivity contribution in [2.45, 2.75) is 6.54 Å². The largest absolute Gasteiger partial charge is 0.454 e. The summed E-state index contributed by atoms with van der Waals surface area (Å²) in [6, 6.07) is 3.59. The third-order valence-corrected chi connectivity index (χ3v) is 2.28. The number of amides is 1. The van der Waals surface area contributed by atoms with Crippen molar-refractivity contribution in [2.24, 2.45) is 0 Å². The van der Waals surface area contributed by atoms with Crippen molar-refractivity contribution in [1.29, 1.82) is 0 Å². The van der Waals surface area contributed by atoms with E-state index in [4.69, 9.17) is 9.47 Å². The third kappa shape index (κ3) is 0.824. The first-order valence-electron chi connectivity index (χ1n) is 4.05. The average molecular weight is 177 g/mol. The van der Waals surface area contributed by atoms with Crippen LogP contribution in [0.3, 0.4) is 0 Å². The van der Waals surface area contributed by atoms with Crippen LogP contribution in [-0.4, -0.2) is 12.7 Å². The van der Waals surface area contributed by atoms with Gasteiger partial charge in [-0.1, -0.05) is 0 Å². The molecule has 0 aromatic heterocycles. The lowest BCUT2D eigenvalue weighted by Crippen LogP contribution is -2.12. The molecule has 2 heterocycles. The maximum Gasteiger partial charge on any atom is 0.252 e. The van der Waals surface area contributed by atoms with Crippen molar-refractivity contribution >= 4 is 5.91 Å². The second kappa shape index (κ2) is 2.16. The Morgan fingerprint density at radius 2 is 2.00 bits per heavy atom. The molecular formula is C9H7NO3. The fourth-order valence-corrected chi connectivity index (χ4v) is 1.61. The molecule has 0 unspecified atom stereocenters. The Labute approximate surface area is 74.5 Å². The maximum atomic E-state index is 11.3. The normalized spacial score (nSPS) is 17.1. The highest BCUT2D eigenvalue weighted by atomic mass is 16.7. The van der Waals surface area contributed by atoms with Crippen molar-refractivity contribution < 1.29 is 14.3 Å². The van der Waals surface area contributed by atoms with E-state index in [-0.39, 0.29) is 12.7 Å². The zero-order valence-electron chi connectivity index (χ0n) is 6.79. The predicted octanol–water partition coefficient (Wildman–Crippen LogP) is 0.659. The molecule has 66 valence electrons. The molecule has 3 rings (SSSR count). The Morgan fingerprint density at radius 1 is 1.23 bits per heavy atom. The van der Waals surface area contributed by atoms with Crippen LogP contribution in [0.4, 0.5) is 0 Å². The minimum absolute atomic E-state index is 0.0340. The molecule has 0 atom stereocenters. The fourth-order valence-electron chi connectivity index (χ4n) is 1.61. The summed E-state index contributed by atoms with van der Waals surface area (Å²) in [6.45, 7) is 0.838. The van der Waals surface area contributed by atoms with Gasteiger partial charge in [0.1, 0.15) is 0 Å². The molecule has 1 amide bonds. The zero-order chi connectivity index (χ0) is 8.84. The van der Waals surface area contributed by atoms with Gasteiger partial charge in [0, 0.05) is 12.1 Å². The van der Waals surface area contributed by atoms with Gasteiger partial charge in [-0.05, 0) is 17.7 Å². The lowest BCUT2D eigenvalue weighted by Gasteiger charge is -1.98. The second-order valence-corrected chi connectivity index (χ2v) is 3.05. The zero-order valence-corrected chi connectivity index (χ0v) is 6.79. The number of nitrogens with one attached hydrogen (secondary N) is 1. The molecule has 2 aliphatic rings. The number of hydrogen-bond acceptors (Lipinski definition) is 3. The Morgan fingerprint density at radius 3 is 2.85 bits per heavy atom. The molecule has 2 aliphatic heterocycles. The first-order valence-corrected chi connectivity index (χ1v) is 4.05. The first kappa shape index (κ1) is 6.77. The number of ether oxygens (including phenoxy) is 2. The van der Waals surface area contributed by atoms with E-state index in [1.807, 2.05) is 6.07 Å². The number of benzene rings is 1. The third-order valence-electron chi connectivity index (χ3n) is 2.28. The molecule has 13 heavy (non-hydrogen) atoms. The quantitative estimate of drug-likeness (QED) is 0.633. The number of rotatable bonds is 0. The SMILES string of the molecule is O=C1NCc2cc3c(cc21)OCO3. The molecule has 4 heteroatoms. The van der Waals surface area contributed by atoms with Gasteiger partial charge >= 0.3 is 0 Å². The molecule has 0 spiro atoms. The molecule has 0 aliphatic carbocycles. The van der Waals surface area contributed by atoms with Gasteiger partial charge in [0.15, 0.2) is 11.5 Å². The van der Waals surface area contributed by atoms with Crippen LogP contribution in [-0.2, 0) is 6.54 Å². The monoisotopic (exact) mass is 177 g/mol. The van der Waals surface area contributed by atoms with E-state index in [0.717, 1.165) is 11.3 Å². The second-order valence-electron chi connectivity index (χ2n) is 3.05. The molecule has 1 aromatic carbocycles. The topological polar surface area (TPSA) is 47.6 Å². The molecule has 0 saturated carbocycles. The summed E-state index contributed by atoms with van der Waals surface area (Å²) in [7, 11) is 0. The van der Waals surface area contributed by atoms with Crippen molar-refractivity contribution in [3.05, 3.63) is 23.3 Å². The smallest absolute Gasteiger partial charge is 0.252 e. The van der Waals surface area contributed by atoms with E-state index in [1.54, 1.807) is 6.07 Å². The molecule has 1 aromatic rings. The lowest BCUT2D eigenvalue weighted by atomic mass is 10.1. The molecule has 4 nitrogen and oxygen atoms in total. The summed E-state index contributed by atoms with van der Waals surface area (Å²) in [6.07, 6.45) is 0. The van der Waals surface area contributed by atoms with Crippen LogP contribution in [0.25, 0.3) is 0 Å². The van der Waals surface area contributed by atoms with Gasteiger partial charge in [0.2, 0.25) is 6.79 Å². The van der Waals surface area contributed by atoms with Gasteiger partial charge < -0.3 is 14.8 Å². The van der Waals surface area contributed by atoms with Crippen LogP contribution in [0, 0.1) is 0 Å². The summed E-state index contributed by atoms with van der Waals surface area (Å²) < 4.78 is 10.4. The molecule has 1 N–H and O–H groups in total. The summed E-state index contributed by atoms with van der Waals surface area (Å²) in [4.78, 5) is 11.3. The molecule has 0 saturated heterocycles. The number of carbonyl (C=O) groups excluding carboxylic acids is 1. The van der Waals surface area contributed by atoms with Gasteiger partial charge in [-0.3, -0.25) is 4.79 Å². The lowest BCUT2D eigenvalue weighted by molar-refractivity contribution is 0.0965. The van der Waals surface area contributed by atoms with E-state index in [9.17, 15) is 4.79 Å². The van der Waals surface area contributed by atoms with Gasteiger partial charge in [-0.2, -0.15) is 0 Å². The highest BCUT2D eigenvalue weighted by Gasteiger charge is 2.24. The minimum Gasteiger partial charge on any atom is -0.454 e. The molecule has 0 radical (unpaired) electrons. The van der Waals surface area contributed by atoms with Crippen molar-refractivity contribution in [3.63, 3.8) is 0 Å². The van der Waals surface area contributed by atoms with E-state index in [2.05, 4.69) is 5.32 Å². The van der Waals surface area contributed by atoms with Crippen LogP contribution in [0.1, 0.15) is 15.9 Å². The van der Waals surface area contributed by atoms with Crippen LogP contribution in [0.15, 0.2) is 12.1 Å². The standard InChI is InChI=1S/C9H7NO3/c11-9-6-2-8-7(12-4-13-8)1-5(6)3-10-9/h1-2H,3-4H2,(H,10,11). The van der Waals surface area contributed by atoms with Crippen LogP contribution < -0.4 is 14.8 Å². The van der Waals surface area contributed by atoms with E-state index < -0.39 is 0 Å². The summed E-state index contributed by atoms with van der Waals surface area (Å²) in [5.74, 6) is 1.36. The molecule has 0 fully saturated rings. The van der Waals surface area contributed by atoms with Crippen molar-refractivity contribution in [3.8, 4) is 11.5 Å². The summed E-state index contributed by atoms with van der Waals surface area (Å²) >= 11 is 0. The van der Waals surface area contributed by atoms with E-state index >= 15 is 0 Å². The first-order chi connectivity index (χ1) is 6.34. The Bertz CT molecular complexity index is 400. The highest BCUT2D eigenvalue weighted by Crippen LogP contribution is 2.35. The van der Waals surface area contributed by atoms with Crippen molar-refractivity contribution in [2.75, 3.05) is 6.79 Å². The molecule has 0 bridgehead atoms. The van der Waals surface area contributed by atoms with Crippen molar-refractivity contribution in [1.82, 2.24) is 5.32 Å². The maximum absolute atomic E-state index is 11.3. The average Bonchev–Trinajstić information content (AvgIpc) is 2.70. The predicted molar refractivity (Wildman–Crippen MR) is 43.7 cm³/mol. The van der Waals surface area contributed by atoms with E-state index in [0.29, 0.717) is 17.9 Å². The molecular weight excluding hydrogens is 170 g/mol. The number of fused-ring (bicyclic) bond motifs is 2. The van der Waals surface area contributed by atoms with E-state index in [1.165, 1.54) is 0 Å². The van der Waals surface area contributed by atoms with Gasteiger partial charge in [0.25, 0.3) is 5.91 Å². The minimum atomic E-state index is -0.0340. The number of hydrogen-bond donors (Lipinski definition) is 1. The van der Waals surface area contributed by atoms with Gasteiger partial charge in [-0.25, -0.2) is 0 Å². The van der Waals surface area contributed by atoms with Crippen LogP contribution in [0.5, 0.6) is 11.5 Å². The fraction of sp³-hybridized carbons (Fsp3) is 0.222. The van der Waals surface area contributed by atoms with Crippen LogP contribution in [0.2, 0.25) is 0 Å². The Hall–Kier alpha value is -1.71. The Balaban J connectivity index is 2.22. The highest BCUT2D eigenvalue weighted by molar-refractivity contribution is 5.99. The number of carbonyl (C=O) groups is 1. The van der Waals surface area contributed by atoms with Gasteiger partial charge in [-0.15, -0.1) is 0 Å². The van der Waals surface area contributed by atoms with Gasteiger partial charge in [0.05, 0.1) is 0 Å². The summed E-state index contributed by atoms with van der Waals surface area (Å²) in [5.41, 5.74) is 1.68. The summed E-state index contributed by atoms with van der Waals surface area (Å²) in [5, 5.41) is 2.74. The Kier molecular flexibility index (Phi) is 1.12.